The van der Waals surface area contributed by atoms with Gasteiger partial charge in [0.2, 0.25) is 5.91 Å². The molecule has 3 heteroatoms. The van der Waals surface area contributed by atoms with Crippen LogP contribution in [0.2, 0.25) is 0 Å². The van der Waals surface area contributed by atoms with Crippen molar-refractivity contribution in [3.8, 4) is 0 Å². The molecule has 0 aromatic rings. The Morgan fingerprint density at radius 3 is 1.88 bits per heavy atom. The van der Waals surface area contributed by atoms with Crippen LogP contribution < -0.4 is 0 Å². The molecule has 1 spiro atoms. The lowest BCUT2D eigenvalue weighted by Gasteiger charge is -2.47. The molecule has 3 rings (SSSR count). The van der Waals surface area contributed by atoms with Gasteiger partial charge in [-0.15, -0.1) is 0 Å². The summed E-state index contributed by atoms with van der Waals surface area (Å²) >= 11 is 0. The van der Waals surface area contributed by atoms with Gasteiger partial charge in [-0.3, -0.25) is 4.79 Å². The Balaban J connectivity index is 1.46. The van der Waals surface area contributed by atoms with E-state index in [2.05, 4.69) is 37.5 Å². The molecule has 2 heterocycles. The van der Waals surface area contributed by atoms with Gasteiger partial charge in [-0.1, -0.05) is 13.8 Å². The molecule has 0 N–H and O–H groups in total. The highest BCUT2D eigenvalue weighted by molar-refractivity contribution is 5.79. The van der Waals surface area contributed by atoms with Crippen LogP contribution in [0.3, 0.4) is 0 Å². The molecule has 0 unspecified atom stereocenters. The molecule has 144 valence electrons. The number of rotatable bonds is 3. The fraction of sp³-hybridized carbons (Fsp3) is 0.955. The number of amides is 1. The summed E-state index contributed by atoms with van der Waals surface area (Å²) in [5.74, 6) is 2.54. The summed E-state index contributed by atoms with van der Waals surface area (Å²) in [6.45, 7) is 13.5. The Kier molecular flexibility index (Phi) is 6.13. The van der Waals surface area contributed by atoms with E-state index in [0.717, 1.165) is 50.9 Å². The monoisotopic (exact) mass is 348 g/mol. The molecule has 0 radical (unpaired) electrons. The molecular weight excluding hydrogens is 308 g/mol. The predicted molar refractivity (Wildman–Crippen MR) is 104 cm³/mol. The first-order valence-corrected chi connectivity index (χ1v) is 10.9. The molecule has 2 saturated heterocycles. The van der Waals surface area contributed by atoms with E-state index in [0.29, 0.717) is 23.3 Å². The minimum atomic E-state index is 0.292. The van der Waals surface area contributed by atoms with Crippen molar-refractivity contribution in [2.24, 2.45) is 23.2 Å². The standard InChI is InChI=1S/C22H40N2O/c1-17(2)19-5-9-22(10-6-19)11-15-24(16-12-22)21(25)20-7-13-23(14-8-20)18(3)4/h17-20H,5-16H2,1-4H3. The number of hydrogen-bond acceptors (Lipinski definition) is 2. The van der Waals surface area contributed by atoms with Crippen LogP contribution in [0.5, 0.6) is 0 Å². The molecule has 2 aliphatic heterocycles. The van der Waals surface area contributed by atoms with Crippen LogP contribution >= 0.6 is 0 Å². The van der Waals surface area contributed by atoms with Gasteiger partial charge in [-0.2, -0.15) is 0 Å². The number of likely N-dealkylation sites (tertiary alicyclic amines) is 2. The third-order valence-electron chi connectivity index (χ3n) is 7.78. The van der Waals surface area contributed by atoms with Gasteiger partial charge >= 0.3 is 0 Å². The van der Waals surface area contributed by atoms with Crippen LogP contribution in [0.15, 0.2) is 0 Å². The first-order valence-electron chi connectivity index (χ1n) is 10.9. The summed E-state index contributed by atoms with van der Waals surface area (Å²) in [4.78, 5) is 17.7. The smallest absolute Gasteiger partial charge is 0.225 e. The Bertz CT molecular complexity index is 433. The third kappa shape index (κ3) is 4.40. The third-order valence-corrected chi connectivity index (χ3v) is 7.78. The zero-order chi connectivity index (χ0) is 18.0. The van der Waals surface area contributed by atoms with Crippen LogP contribution in [0.25, 0.3) is 0 Å². The van der Waals surface area contributed by atoms with E-state index in [9.17, 15) is 4.79 Å². The molecule has 1 amide bonds. The lowest BCUT2D eigenvalue weighted by atomic mass is 9.64. The largest absolute Gasteiger partial charge is 0.342 e. The van der Waals surface area contributed by atoms with Gasteiger partial charge in [0.05, 0.1) is 0 Å². The quantitative estimate of drug-likeness (QED) is 0.746. The van der Waals surface area contributed by atoms with E-state index in [1.807, 2.05) is 0 Å². The molecule has 25 heavy (non-hydrogen) atoms. The minimum Gasteiger partial charge on any atom is -0.342 e. The summed E-state index contributed by atoms with van der Waals surface area (Å²) in [5.41, 5.74) is 0.573. The Hall–Kier alpha value is -0.570. The molecule has 0 atom stereocenters. The van der Waals surface area contributed by atoms with Gasteiger partial charge < -0.3 is 9.80 Å². The van der Waals surface area contributed by atoms with E-state index >= 15 is 0 Å². The van der Waals surface area contributed by atoms with E-state index in [4.69, 9.17) is 0 Å². The van der Waals surface area contributed by atoms with Gasteiger partial charge in [-0.25, -0.2) is 0 Å². The van der Waals surface area contributed by atoms with Crippen LogP contribution in [-0.4, -0.2) is 47.9 Å². The van der Waals surface area contributed by atoms with Crippen molar-refractivity contribution in [1.82, 2.24) is 9.80 Å². The summed E-state index contributed by atoms with van der Waals surface area (Å²) in [7, 11) is 0. The molecule has 1 saturated carbocycles. The number of carbonyl (C=O) groups excluding carboxylic acids is 1. The molecule has 0 aromatic carbocycles. The summed E-state index contributed by atoms with van der Waals surface area (Å²) < 4.78 is 0. The van der Waals surface area contributed by atoms with Gasteiger partial charge in [0.25, 0.3) is 0 Å². The minimum absolute atomic E-state index is 0.292. The van der Waals surface area contributed by atoms with E-state index in [-0.39, 0.29) is 0 Å². The predicted octanol–water partition coefficient (Wildman–Crippen LogP) is 4.56. The van der Waals surface area contributed by atoms with Crippen molar-refractivity contribution in [2.45, 2.75) is 85.1 Å². The van der Waals surface area contributed by atoms with Gasteiger partial charge in [-0.05, 0) is 95.6 Å². The highest BCUT2D eigenvalue weighted by Gasteiger charge is 2.40. The second-order valence-electron chi connectivity index (χ2n) is 9.81. The molecule has 0 bridgehead atoms. The fourth-order valence-electron chi connectivity index (χ4n) is 5.54. The van der Waals surface area contributed by atoms with Crippen LogP contribution in [0, 0.1) is 23.2 Å². The highest BCUT2D eigenvalue weighted by atomic mass is 16.2. The topological polar surface area (TPSA) is 23.6 Å². The Labute approximate surface area is 155 Å². The normalized spacial score (nSPS) is 26.7. The average Bonchev–Trinajstić information content (AvgIpc) is 2.62. The van der Waals surface area contributed by atoms with Crippen LogP contribution in [0.4, 0.5) is 0 Å². The zero-order valence-corrected chi connectivity index (χ0v) is 17.1. The zero-order valence-electron chi connectivity index (χ0n) is 17.1. The fourth-order valence-corrected chi connectivity index (χ4v) is 5.54. The second-order valence-corrected chi connectivity index (χ2v) is 9.81. The van der Waals surface area contributed by atoms with Gasteiger partial charge in [0, 0.05) is 25.0 Å². The summed E-state index contributed by atoms with van der Waals surface area (Å²) in [6, 6.07) is 0.617. The van der Waals surface area contributed by atoms with Crippen molar-refractivity contribution in [3.05, 3.63) is 0 Å². The number of piperidine rings is 2. The van der Waals surface area contributed by atoms with Crippen molar-refractivity contribution in [2.75, 3.05) is 26.2 Å². The molecule has 3 nitrogen and oxygen atoms in total. The van der Waals surface area contributed by atoms with E-state index in [1.165, 1.54) is 38.5 Å². The summed E-state index contributed by atoms with van der Waals surface area (Å²) in [6.07, 6.45) is 10.3. The molecule has 3 fully saturated rings. The van der Waals surface area contributed by atoms with Crippen molar-refractivity contribution in [3.63, 3.8) is 0 Å². The number of nitrogens with zero attached hydrogens (tertiary/aromatic N) is 2. The van der Waals surface area contributed by atoms with E-state index < -0.39 is 0 Å². The van der Waals surface area contributed by atoms with Crippen molar-refractivity contribution < 1.29 is 4.79 Å². The Morgan fingerprint density at radius 2 is 1.40 bits per heavy atom. The summed E-state index contributed by atoms with van der Waals surface area (Å²) in [5, 5.41) is 0. The molecule has 1 aliphatic carbocycles. The lowest BCUT2D eigenvalue weighted by molar-refractivity contribution is -0.140. The maximum atomic E-state index is 12.9. The van der Waals surface area contributed by atoms with Crippen molar-refractivity contribution in [1.29, 1.82) is 0 Å². The van der Waals surface area contributed by atoms with Crippen LogP contribution in [-0.2, 0) is 4.79 Å². The number of carbonyl (C=O) groups is 1. The molecule has 3 aliphatic rings. The first kappa shape index (κ1) is 19.2. The number of hydrogen-bond donors (Lipinski definition) is 0. The van der Waals surface area contributed by atoms with Crippen LogP contribution in [0.1, 0.15) is 79.1 Å². The highest BCUT2D eigenvalue weighted by Crippen LogP contribution is 2.47. The van der Waals surface area contributed by atoms with Gasteiger partial charge in [0.15, 0.2) is 0 Å². The SMILES string of the molecule is CC(C)C1CCC2(CC1)CCN(C(=O)C1CCN(C(C)C)CC1)CC2. The van der Waals surface area contributed by atoms with Gasteiger partial charge in [0.1, 0.15) is 0 Å². The molecular formula is C22H40N2O. The first-order chi connectivity index (χ1) is 11.9. The molecule has 0 aromatic heterocycles. The maximum absolute atomic E-state index is 12.9. The van der Waals surface area contributed by atoms with E-state index in [1.54, 1.807) is 0 Å². The Morgan fingerprint density at radius 1 is 0.840 bits per heavy atom. The van der Waals surface area contributed by atoms with Crippen molar-refractivity contribution >= 4 is 5.91 Å². The maximum Gasteiger partial charge on any atom is 0.225 e. The lowest BCUT2D eigenvalue weighted by Crippen LogP contribution is -2.49. The average molecular weight is 349 g/mol. The second kappa shape index (κ2) is 7.98.